The second-order valence-corrected chi connectivity index (χ2v) is 5.11. The minimum atomic E-state index is -0.779. The second kappa shape index (κ2) is 6.47. The number of rotatable bonds is 4. The van der Waals surface area contributed by atoms with Gasteiger partial charge in [-0.15, -0.1) is 0 Å². The van der Waals surface area contributed by atoms with Crippen LogP contribution in [0.4, 0.5) is 0 Å². The molecule has 6 nitrogen and oxygen atoms in total. The molecule has 2 atom stereocenters. The molecule has 2 unspecified atom stereocenters. The van der Waals surface area contributed by atoms with Gasteiger partial charge in [-0.05, 0) is 31.4 Å². The lowest BCUT2D eigenvalue weighted by atomic mass is 9.85. The lowest BCUT2D eigenvalue weighted by molar-refractivity contribution is -0.143. The van der Waals surface area contributed by atoms with Crippen molar-refractivity contribution in [1.82, 2.24) is 10.3 Å². The van der Waals surface area contributed by atoms with Gasteiger partial charge in [0.15, 0.2) is 0 Å². The number of carbonyl (C=O) groups is 2. The molecular formula is C14H19N3O3. The molecule has 0 saturated heterocycles. The Labute approximate surface area is 117 Å². The Morgan fingerprint density at radius 3 is 2.95 bits per heavy atom. The van der Waals surface area contributed by atoms with Crippen molar-refractivity contribution in [2.75, 3.05) is 0 Å². The van der Waals surface area contributed by atoms with E-state index in [1.807, 2.05) is 0 Å². The number of hydrogen-bond acceptors (Lipinski definition) is 4. The van der Waals surface area contributed by atoms with Gasteiger partial charge in [0.25, 0.3) is 5.91 Å². The van der Waals surface area contributed by atoms with Crippen LogP contribution in [0.15, 0.2) is 18.3 Å². The molecule has 1 fully saturated rings. The molecule has 1 saturated carbocycles. The van der Waals surface area contributed by atoms with Crippen LogP contribution in [0.3, 0.4) is 0 Å². The standard InChI is InChI=1S/C14H19N3O3/c15-8-12-6-9(4-5-16-12)13(18)17-11-3-1-2-10(7-11)14(19)20/h4-6,10-11H,1-3,7-8,15H2,(H,17,18)(H,19,20). The Balaban J connectivity index is 1.98. The summed E-state index contributed by atoms with van der Waals surface area (Å²) in [7, 11) is 0. The van der Waals surface area contributed by atoms with Gasteiger partial charge in [-0.1, -0.05) is 6.42 Å². The molecule has 2 rings (SSSR count). The summed E-state index contributed by atoms with van der Waals surface area (Å²) in [5.41, 5.74) is 6.66. The molecule has 108 valence electrons. The van der Waals surface area contributed by atoms with Crippen LogP contribution in [0.1, 0.15) is 41.7 Å². The molecule has 0 spiro atoms. The summed E-state index contributed by atoms with van der Waals surface area (Å²) in [6.07, 6.45) is 4.39. The third kappa shape index (κ3) is 3.54. The predicted molar refractivity (Wildman–Crippen MR) is 73.0 cm³/mol. The van der Waals surface area contributed by atoms with Gasteiger partial charge in [0.2, 0.25) is 0 Å². The van der Waals surface area contributed by atoms with Crippen LogP contribution in [-0.2, 0) is 11.3 Å². The number of carbonyl (C=O) groups excluding carboxylic acids is 1. The van der Waals surface area contributed by atoms with Crippen LogP contribution in [-0.4, -0.2) is 28.0 Å². The van der Waals surface area contributed by atoms with Gasteiger partial charge in [-0.2, -0.15) is 0 Å². The number of amides is 1. The van der Waals surface area contributed by atoms with Gasteiger partial charge in [0.1, 0.15) is 0 Å². The van der Waals surface area contributed by atoms with Crippen molar-refractivity contribution in [3.8, 4) is 0 Å². The van der Waals surface area contributed by atoms with Crippen LogP contribution in [0.5, 0.6) is 0 Å². The lowest BCUT2D eigenvalue weighted by Gasteiger charge is -2.27. The Bertz CT molecular complexity index is 504. The van der Waals surface area contributed by atoms with Gasteiger partial charge >= 0.3 is 5.97 Å². The molecule has 0 aromatic carbocycles. The summed E-state index contributed by atoms with van der Waals surface area (Å²) < 4.78 is 0. The largest absolute Gasteiger partial charge is 0.481 e. The number of aromatic nitrogens is 1. The number of pyridine rings is 1. The maximum atomic E-state index is 12.1. The molecular weight excluding hydrogens is 258 g/mol. The van der Waals surface area contributed by atoms with E-state index in [4.69, 9.17) is 10.8 Å². The van der Waals surface area contributed by atoms with E-state index in [-0.39, 0.29) is 24.4 Å². The summed E-state index contributed by atoms with van der Waals surface area (Å²) >= 11 is 0. The van der Waals surface area contributed by atoms with Crippen molar-refractivity contribution in [3.05, 3.63) is 29.6 Å². The number of aliphatic carboxylic acids is 1. The first-order valence-electron chi connectivity index (χ1n) is 6.79. The van der Waals surface area contributed by atoms with E-state index in [0.29, 0.717) is 24.1 Å². The zero-order valence-electron chi connectivity index (χ0n) is 11.2. The van der Waals surface area contributed by atoms with Crippen LogP contribution in [0.2, 0.25) is 0 Å². The average Bonchev–Trinajstić information content (AvgIpc) is 2.47. The molecule has 0 aliphatic heterocycles. The Morgan fingerprint density at radius 2 is 2.25 bits per heavy atom. The third-order valence-electron chi connectivity index (χ3n) is 3.65. The first-order valence-corrected chi connectivity index (χ1v) is 6.79. The number of nitrogens with zero attached hydrogens (tertiary/aromatic N) is 1. The highest BCUT2D eigenvalue weighted by molar-refractivity contribution is 5.94. The molecule has 1 aliphatic carbocycles. The molecule has 1 aromatic rings. The summed E-state index contributed by atoms with van der Waals surface area (Å²) in [6.45, 7) is 0.283. The quantitative estimate of drug-likeness (QED) is 0.758. The Hall–Kier alpha value is -1.95. The highest BCUT2D eigenvalue weighted by atomic mass is 16.4. The maximum absolute atomic E-state index is 12.1. The predicted octanol–water partition coefficient (Wildman–Crippen LogP) is 0.913. The topological polar surface area (TPSA) is 105 Å². The summed E-state index contributed by atoms with van der Waals surface area (Å²) in [5, 5.41) is 11.9. The average molecular weight is 277 g/mol. The second-order valence-electron chi connectivity index (χ2n) is 5.11. The zero-order valence-corrected chi connectivity index (χ0v) is 11.2. The zero-order chi connectivity index (χ0) is 14.5. The normalized spacial score (nSPS) is 22.2. The Morgan fingerprint density at radius 1 is 1.45 bits per heavy atom. The van der Waals surface area contributed by atoms with E-state index in [1.54, 1.807) is 18.3 Å². The van der Waals surface area contributed by atoms with Crippen LogP contribution < -0.4 is 11.1 Å². The smallest absolute Gasteiger partial charge is 0.306 e. The van der Waals surface area contributed by atoms with Gasteiger partial charge in [0.05, 0.1) is 11.6 Å². The summed E-state index contributed by atoms with van der Waals surface area (Å²) in [6, 6.07) is 3.21. The molecule has 0 radical (unpaired) electrons. The van der Waals surface area contributed by atoms with Crippen LogP contribution in [0.25, 0.3) is 0 Å². The maximum Gasteiger partial charge on any atom is 0.306 e. The van der Waals surface area contributed by atoms with E-state index in [9.17, 15) is 9.59 Å². The molecule has 1 heterocycles. The molecule has 1 amide bonds. The van der Waals surface area contributed by atoms with Crippen LogP contribution in [0, 0.1) is 5.92 Å². The molecule has 1 aromatic heterocycles. The molecule has 6 heteroatoms. The SMILES string of the molecule is NCc1cc(C(=O)NC2CCCC(C(=O)O)C2)ccn1. The summed E-state index contributed by atoms with van der Waals surface area (Å²) in [5.74, 6) is -1.33. The fourth-order valence-corrected chi connectivity index (χ4v) is 2.54. The molecule has 1 aliphatic rings. The fourth-order valence-electron chi connectivity index (χ4n) is 2.54. The Kier molecular flexibility index (Phi) is 4.68. The van der Waals surface area contributed by atoms with Gasteiger partial charge in [-0.3, -0.25) is 14.6 Å². The fraction of sp³-hybridized carbons (Fsp3) is 0.500. The third-order valence-corrected chi connectivity index (χ3v) is 3.65. The van der Waals surface area contributed by atoms with E-state index in [0.717, 1.165) is 12.8 Å². The molecule has 20 heavy (non-hydrogen) atoms. The molecule has 0 bridgehead atoms. The van der Waals surface area contributed by atoms with Crippen molar-refractivity contribution in [2.24, 2.45) is 11.7 Å². The van der Waals surface area contributed by atoms with Crippen molar-refractivity contribution in [1.29, 1.82) is 0 Å². The first-order chi connectivity index (χ1) is 9.60. The van der Waals surface area contributed by atoms with E-state index < -0.39 is 5.97 Å². The monoisotopic (exact) mass is 277 g/mol. The van der Waals surface area contributed by atoms with Crippen molar-refractivity contribution in [3.63, 3.8) is 0 Å². The van der Waals surface area contributed by atoms with E-state index in [2.05, 4.69) is 10.3 Å². The van der Waals surface area contributed by atoms with Crippen molar-refractivity contribution in [2.45, 2.75) is 38.3 Å². The van der Waals surface area contributed by atoms with E-state index in [1.165, 1.54) is 0 Å². The number of hydrogen-bond donors (Lipinski definition) is 3. The van der Waals surface area contributed by atoms with Gasteiger partial charge in [-0.25, -0.2) is 0 Å². The lowest BCUT2D eigenvalue weighted by Crippen LogP contribution is -2.40. The number of nitrogens with one attached hydrogen (secondary N) is 1. The van der Waals surface area contributed by atoms with Crippen LogP contribution >= 0.6 is 0 Å². The van der Waals surface area contributed by atoms with Crippen molar-refractivity contribution >= 4 is 11.9 Å². The number of carboxylic acid groups (broad SMARTS) is 1. The minimum Gasteiger partial charge on any atom is -0.481 e. The highest BCUT2D eigenvalue weighted by Gasteiger charge is 2.27. The molecule has 4 N–H and O–H groups in total. The van der Waals surface area contributed by atoms with Gasteiger partial charge < -0.3 is 16.2 Å². The summed E-state index contributed by atoms with van der Waals surface area (Å²) in [4.78, 5) is 27.2. The number of carboxylic acids is 1. The first kappa shape index (κ1) is 14.5. The number of nitrogens with two attached hydrogens (primary N) is 1. The van der Waals surface area contributed by atoms with Crippen molar-refractivity contribution < 1.29 is 14.7 Å². The van der Waals surface area contributed by atoms with Gasteiger partial charge in [0, 0.05) is 24.3 Å². The highest BCUT2D eigenvalue weighted by Crippen LogP contribution is 2.24. The minimum absolute atomic E-state index is 0.0770. The van der Waals surface area contributed by atoms with E-state index >= 15 is 0 Å².